The van der Waals surface area contributed by atoms with E-state index in [9.17, 15) is 4.79 Å². The highest BCUT2D eigenvalue weighted by atomic mass is 16.5. The summed E-state index contributed by atoms with van der Waals surface area (Å²) in [6.45, 7) is 6.22. The highest BCUT2D eigenvalue weighted by Gasteiger charge is 2.18. The van der Waals surface area contributed by atoms with Gasteiger partial charge in [0.2, 0.25) is 0 Å². The van der Waals surface area contributed by atoms with Crippen LogP contribution in [0.1, 0.15) is 27.0 Å². The monoisotopic (exact) mass is 284 g/mol. The molecular weight excluding hydrogens is 264 g/mol. The number of hydrogen-bond acceptors (Lipinski definition) is 3. The smallest absolute Gasteiger partial charge is 0.150 e. The fraction of sp³-hybridized carbons (Fsp3) is 0.278. The molecule has 110 valence electrons. The van der Waals surface area contributed by atoms with Gasteiger partial charge in [-0.15, -0.1) is 0 Å². The Kier molecular flexibility index (Phi) is 4.32. The van der Waals surface area contributed by atoms with Gasteiger partial charge >= 0.3 is 0 Å². The van der Waals surface area contributed by atoms with Gasteiger partial charge in [0.25, 0.3) is 0 Å². The third-order valence-corrected chi connectivity index (χ3v) is 3.59. The molecule has 0 aromatic heterocycles. The largest absolute Gasteiger partial charge is 0.496 e. The summed E-state index contributed by atoms with van der Waals surface area (Å²) in [6, 6.07) is 7.75. The van der Waals surface area contributed by atoms with E-state index in [-0.39, 0.29) is 0 Å². The second-order valence-corrected chi connectivity index (χ2v) is 5.19. The molecular formula is C18H20O3. The van der Waals surface area contributed by atoms with Crippen LogP contribution in [0, 0.1) is 20.8 Å². The first-order valence-electron chi connectivity index (χ1n) is 6.81. The molecule has 21 heavy (non-hydrogen) atoms. The van der Waals surface area contributed by atoms with E-state index < -0.39 is 0 Å². The molecule has 0 radical (unpaired) electrons. The number of carbonyl (C=O) groups excluding carboxylic acids is 1. The average Bonchev–Trinajstić information content (AvgIpc) is 2.45. The summed E-state index contributed by atoms with van der Waals surface area (Å²) in [7, 11) is 3.21. The highest BCUT2D eigenvalue weighted by Crippen LogP contribution is 2.42. The van der Waals surface area contributed by atoms with Gasteiger partial charge in [-0.1, -0.05) is 17.7 Å². The van der Waals surface area contributed by atoms with E-state index >= 15 is 0 Å². The van der Waals surface area contributed by atoms with E-state index in [2.05, 4.69) is 32.9 Å². The summed E-state index contributed by atoms with van der Waals surface area (Å²) in [4.78, 5) is 11.1. The normalized spacial score (nSPS) is 10.3. The van der Waals surface area contributed by atoms with Gasteiger partial charge in [-0.3, -0.25) is 4.79 Å². The summed E-state index contributed by atoms with van der Waals surface area (Å²) in [6.07, 6.45) is 0.795. The Morgan fingerprint density at radius 2 is 1.29 bits per heavy atom. The second-order valence-electron chi connectivity index (χ2n) is 5.19. The van der Waals surface area contributed by atoms with Crippen molar-refractivity contribution in [2.75, 3.05) is 14.2 Å². The van der Waals surface area contributed by atoms with Crippen LogP contribution in [0.2, 0.25) is 0 Å². The number of aldehydes is 1. The second kappa shape index (κ2) is 6.00. The first-order chi connectivity index (χ1) is 10.0. The highest BCUT2D eigenvalue weighted by molar-refractivity contribution is 5.86. The molecule has 0 heterocycles. The number of aryl methyl sites for hydroxylation is 3. The summed E-state index contributed by atoms with van der Waals surface area (Å²) < 4.78 is 11.0. The molecule has 0 atom stereocenters. The molecule has 0 saturated heterocycles. The molecule has 0 bridgehead atoms. The van der Waals surface area contributed by atoms with E-state index in [0.29, 0.717) is 17.1 Å². The minimum absolute atomic E-state index is 0.537. The molecule has 2 aromatic rings. The molecule has 3 heteroatoms. The average molecular weight is 284 g/mol. The molecule has 0 saturated carbocycles. The van der Waals surface area contributed by atoms with E-state index in [0.717, 1.165) is 28.5 Å². The van der Waals surface area contributed by atoms with Gasteiger partial charge in [0.15, 0.2) is 0 Å². The molecule has 2 rings (SSSR count). The lowest BCUT2D eigenvalue weighted by Gasteiger charge is -2.18. The predicted molar refractivity (Wildman–Crippen MR) is 84.6 cm³/mol. The van der Waals surface area contributed by atoms with Crippen LogP contribution in [0.15, 0.2) is 24.3 Å². The third-order valence-electron chi connectivity index (χ3n) is 3.59. The zero-order valence-electron chi connectivity index (χ0n) is 13.1. The molecule has 0 aliphatic heterocycles. The molecule has 0 N–H and O–H groups in total. The molecule has 0 unspecified atom stereocenters. The van der Waals surface area contributed by atoms with Crippen LogP contribution >= 0.6 is 0 Å². The summed E-state index contributed by atoms with van der Waals surface area (Å²) in [5, 5.41) is 0. The molecule has 0 aliphatic carbocycles. The van der Waals surface area contributed by atoms with Crippen LogP contribution in [0.25, 0.3) is 11.1 Å². The van der Waals surface area contributed by atoms with Crippen molar-refractivity contribution in [1.82, 2.24) is 0 Å². The fourth-order valence-electron chi connectivity index (χ4n) is 2.82. The SMILES string of the molecule is COc1cc(C=O)cc(OC)c1-c1c(C)cc(C)cc1C. The van der Waals surface area contributed by atoms with Crippen molar-refractivity contribution in [3.05, 3.63) is 46.5 Å². The number of rotatable bonds is 4. The van der Waals surface area contributed by atoms with Crippen LogP contribution < -0.4 is 9.47 Å². The van der Waals surface area contributed by atoms with Crippen molar-refractivity contribution in [2.24, 2.45) is 0 Å². The summed E-state index contributed by atoms with van der Waals surface area (Å²) in [5.41, 5.74) is 6.05. The molecule has 0 amide bonds. The number of methoxy groups -OCH3 is 2. The zero-order chi connectivity index (χ0) is 15.6. The van der Waals surface area contributed by atoms with E-state index in [1.807, 2.05) is 0 Å². The van der Waals surface area contributed by atoms with Crippen LogP contribution in [0.3, 0.4) is 0 Å². The number of benzene rings is 2. The van der Waals surface area contributed by atoms with Gasteiger partial charge < -0.3 is 9.47 Å². The van der Waals surface area contributed by atoms with Gasteiger partial charge in [-0.25, -0.2) is 0 Å². The van der Waals surface area contributed by atoms with E-state index in [4.69, 9.17) is 9.47 Å². The fourth-order valence-corrected chi connectivity index (χ4v) is 2.82. The summed E-state index contributed by atoms with van der Waals surface area (Å²) in [5.74, 6) is 1.29. The molecule has 0 aliphatic rings. The Bertz CT molecular complexity index is 639. The van der Waals surface area contributed by atoms with Crippen molar-refractivity contribution in [1.29, 1.82) is 0 Å². The lowest BCUT2D eigenvalue weighted by atomic mass is 9.92. The van der Waals surface area contributed by atoms with Gasteiger partial charge in [0, 0.05) is 5.56 Å². The Labute approximate surface area is 125 Å². The number of carbonyl (C=O) groups is 1. The summed E-state index contributed by atoms with van der Waals surface area (Å²) >= 11 is 0. The lowest BCUT2D eigenvalue weighted by molar-refractivity contribution is 0.112. The maximum Gasteiger partial charge on any atom is 0.150 e. The minimum atomic E-state index is 0.537. The van der Waals surface area contributed by atoms with Crippen LogP contribution in [-0.4, -0.2) is 20.5 Å². The standard InChI is InChI=1S/C18H20O3/c1-11-6-12(2)17(13(3)7-11)18-15(20-4)8-14(10-19)9-16(18)21-5/h6-10H,1-5H3. The van der Waals surface area contributed by atoms with Crippen LogP contribution in [-0.2, 0) is 0 Å². The van der Waals surface area contributed by atoms with Crippen molar-refractivity contribution in [3.63, 3.8) is 0 Å². The topological polar surface area (TPSA) is 35.5 Å². The number of ether oxygens (including phenoxy) is 2. The first kappa shape index (κ1) is 15.1. The van der Waals surface area contributed by atoms with Crippen molar-refractivity contribution < 1.29 is 14.3 Å². The number of hydrogen-bond donors (Lipinski definition) is 0. The first-order valence-corrected chi connectivity index (χ1v) is 6.81. The van der Waals surface area contributed by atoms with E-state index in [1.165, 1.54) is 5.56 Å². The van der Waals surface area contributed by atoms with Crippen molar-refractivity contribution in [3.8, 4) is 22.6 Å². The minimum Gasteiger partial charge on any atom is -0.496 e. The molecule has 0 spiro atoms. The van der Waals surface area contributed by atoms with Crippen LogP contribution in [0.5, 0.6) is 11.5 Å². The van der Waals surface area contributed by atoms with Gasteiger partial charge in [0.1, 0.15) is 17.8 Å². The van der Waals surface area contributed by atoms with Gasteiger partial charge in [-0.05, 0) is 49.6 Å². The van der Waals surface area contributed by atoms with E-state index in [1.54, 1.807) is 26.4 Å². The van der Waals surface area contributed by atoms with Crippen LogP contribution in [0.4, 0.5) is 0 Å². The molecule has 3 nitrogen and oxygen atoms in total. The quantitative estimate of drug-likeness (QED) is 0.793. The lowest BCUT2D eigenvalue weighted by Crippen LogP contribution is -1.99. The maximum absolute atomic E-state index is 11.1. The Hall–Kier alpha value is -2.29. The van der Waals surface area contributed by atoms with Gasteiger partial charge in [0.05, 0.1) is 19.8 Å². The Morgan fingerprint density at radius 3 is 1.67 bits per heavy atom. The molecule has 2 aromatic carbocycles. The van der Waals surface area contributed by atoms with Gasteiger partial charge in [-0.2, -0.15) is 0 Å². The third kappa shape index (κ3) is 2.77. The predicted octanol–water partition coefficient (Wildman–Crippen LogP) is 4.11. The molecule has 0 fully saturated rings. The van der Waals surface area contributed by atoms with Crippen molar-refractivity contribution >= 4 is 6.29 Å². The van der Waals surface area contributed by atoms with Crippen molar-refractivity contribution in [2.45, 2.75) is 20.8 Å². The zero-order valence-corrected chi connectivity index (χ0v) is 13.1. The maximum atomic E-state index is 11.1. The Morgan fingerprint density at radius 1 is 0.810 bits per heavy atom. The Balaban J connectivity index is 2.82.